The summed E-state index contributed by atoms with van der Waals surface area (Å²) in [7, 11) is -2.12. The topological polar surface area (TPSA) is 30.2 Å². The highest BCUT2D eigenvalue weighted by Gasteiger charge is 2.34. The Labute approximate surface area is 95.9 Å². The van der Waals surface area contributed by atoms with Crippen LogP contribution in [-0.2, 0) is 0 Å². The van der Waals surface area contributed by atoms with Crippen molar-refractivity contribution in [3.63, 3.8) is 0 Å². The van der Waals surface area contributed by atoms with Crippen molar-refractivity contribution >= 4 is 18.7 Å². The second-order valence-electron chi connectivity index (χ2n) is 4.30. The summed E-state index contributed by atoms with van der Waals surface area (Å²) in [5, 5.41) is 1.28. The Balaban J connectivity index is 2.36. The zero-order valence-electron chi connectivity index (χ0n) is 9.44. The molecule has 0 fully saturated rings. The van der Waals surface area contributed by atoms with E-state index < -0.39 is 8.07 Å². The van der Waals surface area contributed by atoms with Crippen LogP contribution in [-0.4, -0.2) is 13.5 Å². The van der Waals surface area contributed by atoms with Crippen LogP contribution in [0, 0.1) is 0 Å². The first-order valence-corrected chi connectivity index (χ1v) is 8.26. The first-order chi connectivity index (χ1) is 7.62. The molecule has 0 N–H and O–H groups in total. The molecule has 0 bridgehead atoms. The monoisotopic (exact) mass is 230 g/mol. The average Bonchev–Trinajstić information content (AvgIpc) is 2.82. The van der Waals surface area contributed by atoms with Gasteiger partial charge >= 0.3 is 0 Å². The number of benzene rings is 1. The van der Waals surface area contributed by atoms with Crippen molar-refractivity contribution in [2.75, 3.05) is 0 Å². The van der Waals surface area contributed by atoms with E-state index in [-0.39, 0.29) is 5.41 Å². The first kappa shape index (κ1) is 10.9. The summed E-state index contributed by atoms with van der Waals surface area (Å²) in [4.78, 5) is 12.3. The summed E-state index contributed by atoms with van der Waals surface area (Å²) in [5.74, 6) is 0.473. The summed E-state index contributed by atoms with van der Waals surface area (Å²) < 4.78 is 5.19. The number of carbonyl (C=O) groups excluding carboxylic acids is 1. The summed E-state index contributed by atoms with van der Waals surface area (Å²) in [6.45, 7) is 4.10. The molecule has 2 rings (SSSR count). The smallest absolute Gasteiger partial charge is 0.179 e. The van der Waals surface area contributed by atoms with Crippen LogP contribution in [0.4, 0.5) is 0 Å². The fourth-order valence-corrected chi connectivity index (χ4v) is 3.75. The molecule has 1 aromatic carbocycles. The summed E-state index contributed by atoms with van der Waals surface area (Å²) in [6, 6.07) is 13.4. The molecule has 0 saturated heterocycles. The average molecular weight is 230 g/mol. The van der Waals surface area contributed by atoms with E-state index in [1.807, 2.05) is 43.4 Å². The van der Waals surface area contributed by atoms with Crippen LogP contribution in [0.2, 0.25) is 13.1 Å². The highest BCUT2D eigenvalue weighted by atomic mass is 28.3. The van der Waals surface area contributed by atoms with Crippen LogP contribution in [0.25, 0.3) is 0 Å². The standard InChI is InChI=1S/C13H14O2Si/c1-16(2,11-7-4-3-5-8-11)13(14)12-9-6-10-15-12/h3-10H,1-2H3. The molecular formula is C13H14O2Si. The zero-order valence-corrected chi connectivity index (χ0v) is 10.4. The van der Waals surface area contributed by atoms with Gasteiger partial charge in [0.1, 0.15) is 0 Å². The minimum absolute atomic E-state index is 0.142. The Morgan fingerprint density at radius 1 is 1.06 bits per heavy atom. The Bertz CT molecular complexity index is 472. The normalized spacial score (nSPS) is 11.4. The van der Waals surface area contributed by atoms with E-state index in [2.05, 4.69) is 0 Å². The Morgan fingerprint density at radius 3 is 2.31 bits per heavy atom. The van der Waals surface area contributed by atoms with Crippen molar-refractivity contribution in [1.82, 2.24) is 0 Å². The Kier molecular flexibility index (Phi) is 2.79. The van der Waals surface area contributed by atoms with Crippen molar-refractivity contribution in [3.8, 4) is 0 Å². The third-order valence-corrected chi connectivity index (χ3v) is 5.97. The lowest BCUT2D eigenvalue weighted by atomic mass is 10.4. The van der Waals surface area contributed by atoms with Crippen molar-refractivity contribution in [2.24, 2.45) is 0 Å². The van der Waals surface area contributed by atoms with Crippen molar-refractivity contribution in [2.45, 2.75) is 13.1 Å². The van der Waals surface area contributed by atoms with Crippen LogP contribution in [0.15, 0.2) is 53.1 Å². The molecule has 1 heterocycles. The molecule has 16 heavy (non-hydrogen) atoms. The lowest BCUT2D eigenvalue weighted by molar-refractivity contribution is 0.104. The molecule has 0 amide bonds. The highest BCUT2D eigenvalue weighted by molar-refractivity contribution is 7.14. The third kappa shape index (κ3) is 1.86. The van der Waals surface area contributed by atoms with Crippen molar-refractivity contribution in [3.05, 3.63) is 54.5 Å². The summed E-state index contributed by atoms with van der Waals surface area (Å²) in [5.41, 5.74) is 0. The van der Waals surface area contributed by atoms with Gasteiger partial charge in [0.2, 0.25) is 0 Å². The van der Waals surface area contributed by atoms with Crippen LogP contribution in [0.3, 0.4) is 0 Å². The van der Waals surface area contributed by atoms with Gasteiger partial charge in [-0.25, -0.2) is 0 Å². The van der Waals surface area contributed by atoms with Crippen LogP contribution < -0.4 is 5.19 Å². The van der Waals surface area contributed by atoms with Gasteiger partial charge in [0, 0.05) is 0 Å². The molecule has 0 radical (unpaired) electrons. The maximum Gasteiger partial charge on any atom is 0.179 e. The number of furan rings is 1. The van der Waals surface area contributed by atoms with Gasteiger partial charge in [-0.2, -0.15) is 0 Å². The van der Waals surface area contributed by atoms with Gasteiger partial charge in [-0.15, -0.1) is 0 Å². The number of rotatable bonds is 3. The minimum Gasteiger partial charge on any atom is -0.462 e. The van der Waals surface area contributed by atoms with Gasteiger partial charge < -0.3 is 4.42 Å². The predicted molar refractivity (Wildman–Crippen MR) is 66.6 cm³/mol. The van der Waals surface area contributed by atoms with Crippen LogP contribution in [0.1, 0.15) is 10.6 Å². The van der Waals surface area contributed by atoms with Crippen molar-refractivity contribution < 1.29 is 9.21 Å². The molecule has 2 aromatic rings. The molecule has 0 aliphatic carbocycles. The van der Waals surface area contributed by atoms with Crippen LogP contribution >= 0.6 is 0 Å². The molecule has 0 spiro atoms. The van der Waals surface area contributed by atoms with E-state index in [4.69, 9.17) is 4.42 Å². The second kappa shape index (κ2) is 4.10. The molecule has 0 aliphatic rings. The molecule has 82 valence electrons. The van der Waals surface area contributed by atoms with E-state index in [1.54, 1.807) is 18.4 Å². The molecule has 0 atom stereocenters. The predicted octanol–water partition coefficient (Wildman–Crippen LogP) is 2.62. The van der Waals surface area contributed by atoms with Gasteiger partial charge in [-0.3, -0.25) is 4.79 Å². The van der Waals surface area contributed by atoms with E-state index in [9.17, 15) is 4.79 Å². The molecule has 2 nitrogen and oxygen atoms in total. The van der Waals surface area contributed by atoms with Crippen LogP contribution in [0.5, 0.6) is 0 Å². The van der Waals surface area contributed by atoms with E-state index in [0.717, 1.165) is 5.19 Å². The molecule has 3 heteroatoms. The zero-order chi connectivity index (χ0) is 11.6. The number of hydrogen-bond acceptors (Lipinski definition) is 2. The van der Waals surface area contributed by atoms with Gasteiger partial charge in [0.15, 0.2) is 19.2 Å². The molecular weight excluding hydrogens is 216 g/mol. The SMILES string of the molecule is C[Si](C)(C(=O)c1ccco1)c1ccccc1. The lowest BCUT2D eigenvalue weighted by Crippen LogP contribution is -2.49. The van der Waals surface area contributed by atoms with E-state index >= 15 is 0 Å². The fraction of sp³-hybridized carbons (Fsp3) is 0.154. The number of hydrogen-bond donors (Lipinski definition) is 0. The highest BCUT2D eigenvalue weighted by Crippen LogP contribution is 2.13. The molecule has 0 unspecified atom stereocenters. The first-order valence-electron chi connectivity index (χ1n) is 5.26. The molecule has 0 aliphatic heterocycles. The van der Waals surface area contributed by atoms with Gasteiger partial charge in [-0.1, -0.05) is 48.6 Å². The van der Waals surface area contributed by atoms with Crippen molar-refractivity contribution in [1.29, 1.82) is 0 Å². The largest absolute Gasteiger partial charge is 0.462 e. The quantitative estimate of drug-likeness (QED) is 0.759. The summed E-state index contributed by atoms with van der Waals surface area (Å²) in [6.07, 6.45) is 1.54. The maximum absolute atomic E-state index is 12.3. The van der Waals surface area contributed by atoms with Gasteiger partial charge in [-0.05, 0) is 12.1 Å². The number of carbonyl (C=O) groups is 1. The van der Waals surface area contributed by atoms with E-state index in [0.29, 0.717) is 5.76 Å². The Hall–Kier alpha value is -1.61. The fourth-order valence-electron chi connectivity index (χ4n) is 1.70. The minimum atomic E-state index is -2.12. The Morgan fingerprint density at radius 2 is 1.75 bits per heavy atom. The molecule has 1 aromatic heterocycles. The van der Waals surface area contributed by atoms with Gasteiger partial charge in [0.05, 0.1) is 6.26 Å². The van der Waals surface area contributed by atoms with E-state index in [1.165, 1.54) is 0 Å². The summed E-state index contributed by atoms with van der Waals surface area (Å²) >= 11 is 0. The lowest BCUT2D eigenvalue weighted by Gasteiger charge is -2.19. The molecule has 0 saturated carbocycles. The van der Waals surface area contributed by atoms with Gasteiger partial charge in [0.25, 0.3) is 0 Å². The maximum atomic E-state index is 12.3. The second-order valence-corrected chi connectivity index (χ2v) is 8.58. The third-order valence-electron chi connectivity index (χ3n) is 2.81.